The molecule has 4 nitrogen and oxygen atoms in total. The molecule has 0 rings (SSSR count). The molecule has 6 heteroatoms. The summed E-state index contributed by atoms with van der Waals surface area (Å²) in [5, 5.41) is 0. The smallest absolute Gasteiger partial charge is 0.137 e. The molecule has 0 unspecified atom stereocenters. The second-order valence-electron chi connectivity index (χ2n) is 2.17. The Kier molecular flexibility index (Phi) is 7.58. The molecule has 0 heterocycles. The average Bonchev–Trinajstić information content (AvgIpc) is 2.11. The molecule has 0 amide bonds. The van der Waals surface area contributed by atoms with Crippen molar-refractivity contribution in [1.82, 2.24) is 0 Å². The van der Waals surface area contributed by atoms with Gasteiger partial charge in [-0.25, -0.2) is 0 Å². The molecule has 0 saturated carbocycles. The molecular weight excluding hydrogens is 196 g/mol. The Bertz CT molecular complexity index is 130. The number of rotatable bonds is 7. The van der Waals surface area contributed by atoms with Gasteiger partial charge in [0, 0.05) is 11.5 Å². The second-order valence-corrected chi connectivity index (χ2v) is 4.72. The van der Waals surface area contributed by atoms with E-state index in [1.807, 2.05) is 0 Å². The van der Waals surface area contributed by atoms with E-state index in [1.54, 1.807) is 0 Å². The van der Waals surface area contributed by atoms with E-state index in [9.17, 15) is 9.59 Å². The van der Waals surface area contributed by atoms with Crippen LogP contribution in [0.2, 0.25) is 0 Å². The first-order chi connectivity index (χ1) is 5.70. The molecule has 0 aliphatic heterocycles. The van der Waals surface area contributed by atoms with Crippen LogP contribution < -0.4 is 11.5 Å². The van der Waals surface area contributed by atoms with Crippen LogP contribution in [0.5, 0.6) is 0 Å². The minimum absolute atomic E-state index is 0.421. The molecule has 0 bridgehead atoms. The Morgan fingerprint density at radius 2 is 1.33 bits per heavy atom. The molecule has 0 aliphatic rings. The van der Waals surface area contributed by atoms with Crippen molar-refractivity contribution in [2.45, 2.75) is 12.1 Å². The fraction of sp³-hybridized carbons (Fsp3) is 0.667. The van der Waals surface area contributed by atoms with Crippen LogP contribution >= 0.6 is 21.6 Å². The number of hydrogen-bond donors (Lipinski definition) is 2. The molecule has 0 spiro atoms. The predicted molar refractivity (Wildman–Crippen MR) is 53.0 cm³/mol. The Morgan fingerprint density at radius 3 is 1.58 bits per heavy atom. The van der Waals surface area contributed by atoms with Crippen LogP contribution in [0.3, 0.4) is 0 Å². The third kappa shape index (κ3) is 6.66. The summed E-state index contributed by atoms with van der Waals surface area (Å²) in [5.74, 6) is 1.11. The fourth-order valence-corrected chi connectivity index (χ4v) is 2.52. The van der Waals surface area contributed by atoms with E-state index in [4.69, 9.17) is 11.5 Å². The van der Waals surface area contributed by atoms with Crippen LogP contribution in [-0.2, 0) is 9.59 Å². The third-order valence-corrected chi connectivity index (χ3v) is 3.48. The van der Waals surface area contributed by atoms with Gasteiger partial charge in [0.1, 0.15) is 12.6 Å². The summed E-state index contributed by atoms with van der Waals surface area (Å²) >= 11 is 0. The lowest BCUT2D eigenvalue weighted by atomic mass is 10.4. The zero-order valence-electron chi connectivity index (χ0n) is 6.51. The molecule has 0 aromatic carbocycles. The van der Waals surface area contributed by atoms with Crippen LogP contribution in [0.15, 0.2) is 0 Å². The van der Waals surface area contributed by atoms with Gasteiger partial charge in [-0.15, -0.1) is 0 Å². The predicted octanol–water partition coefficient (Wildman–Crippen LogP) is -0.580. The maximum absolute atomic E-state index is 10.1. The van der Waals surface area contributed by atoms with Gasteiger partial charge in [-0.2, -0.15) is 0 Å². The molecule has 70 valence electrons. The van der Waals surface area contributed by atoms with E-state index in [-0.39, 0.29) is 0 Å². The Labute approximate surface area is 79.2 Å². The van der Waals surface area contributed by atoms with Gasteiger partial charge in [0.15, 0.2) is 0 Å². The summed E-state index contributed by atoms with van der Waals surface area (Å²) in [5.41, 5.74) is 10.6. The lowest BCUT2D eigenvalue weighted by molar-refractivity contribution is -0.109. The first kappa shape index (κ1) is 12.0. The van der Waals surface area contributed by atoms with Gasteiger partial charge in [0.25, 0.3) is 0 Å². The normalized spacial score (nSPS) is 15.2. The zero-order valence-corrected chi connectivity index (χ0v) is 8.14. The molecular formula is C6H12N2O2S2. The monoisotopic (exact) mass is 208 g/mol. The average molecular weight is 208 g/mol. The lowest BCUT2D eigenvalue weighted by Gasteiger charge is -2.04. The standard InChI is InChI=1S/C6H12N2O2S2/c7-5(1-9)3-11-12-4-6(8)2-10/h1-2,5-6H,3-4,7-8H2/t5-,6-/m1/s1. The van der Waals surface area contributed by atoms with Crippen LogP contribution in [0, 0.1) is 0 Å². The highest BCUT2D eigenvalue weighted by molar-refractivity contribution is 8.76. The molecule has 0 aromatic rings. The highest BCUT2D eigenvalue weighted by atomic mass is 33.1. The van der Waals surface area contributed by atoms with Crippen molar-refractivity contribution in [2.75, 3.05) is 11.5 Å². The fourth-order valence-electron chi connectivity index (χ4n) is 0.332. The minimum atomic E-state index is -0.421. The molecule has 0 saturated heterocycles. The van der Waals surface area contributed by atoms with Gasteiger partial charge in [-0.3, -0.25) is 0 Å². The van der Waals surface area contributed by atoms with Crippen molar-refractivity contribution in [1.29, 1.82) is 0 Å². The van der Waals surface area contributed by atoms with Crippen molar-refractivity contribution >= 4 is 34.2 Å². The van der Waals surface area contributed by atoms with Crippen LogP contribution in [0.1, 0.15) is 0 Å². The van der Waals surface area contributed by atoms with Gasteiger partial charge in [0.05, 0.1) is 12.1 Å². The van der Waals surface area contributed by atoms with Gasteiger partial charge in [-0.1, -0.05) is 21.6 Å². The van der Waals surface area contributed by atoms with E-state index in [2.05, 4.69) is 0 Å². The van der Waals surface area contributed by atoms with Crippen LogP contribution in [-0.4, -0.2) is 36.2 Å². The van der Waals surface area contributed by atoms with Crippen LogP contribution in [0.25, 0.3) is 0 Å². The van der Waals surface area contributed by atoms with Gasteiger partial charge < -0.3 is 21.1 Å². The molecule has 0 aliphatic carbocycles. The first-order valence-corrected chi connectivity index (χ1v) is 5.85. The quantitative estimate of drug-likeness (QED) is 0.331. The number of nitrogens with two attached hydrogens (primary N) is 2. The van der Waals surface area contributed by atoms with Gasteiger partial charge in [0.2, 0.25) is 0 Å². The van der Waals surface area contributed by atoms with Crippen molar-refractivity contribution in [2.24, 2.45) is 11.5 Å². The molecule has 12 heavy (non-hydrogen) atoms. The number of carbonyl (C=O) groups is 2. The summed E-state index contributed by atoms with van der Waals surface area (Å²) < 4.78 is 0. The van der Waals surface area contributed by atoms with Crippen molar-refractivity contribution in [3.05, 3.63) is 0 Å². The Hall–Kier alpha value is -0.0400. The lowest BCUT2D eigenvalue weighted by Crippen LogP contribution is -2.25. The van der Waals surface area contributed by atoms with Crippen molar-refractivity contribution in [3.63, 3.8) is 0 Å². The van der Waals surface area contributed by atoms with Crippen molar-refractivity contribution in [3.8, 4) is 0 Å². The van der Waals surface area contributed by atoms with Crippen molar-refractivity contribution < 1.29 is 9.59 Å². The van der Waals surface area contributed by atoms with E-state index < -0.39 is 12.1 Å². The topological polar surface area (TPSA) is 86.2 Å². The molecule has 4 N–H and O–H groups in total. The minimum Gasteiger partial charge on any atom is -0.321 e. The second kappa shape index (κ2) is 7.60. The summed E-state index contributed by atoms with van der Waals surface area (Å²) in [7, 11) is 2.90. The maximum atomic E-state index is 10.1. The van der Waals surface area contributed by atoms with E-state index in [0.717, 1.165) is 0 Å². The molecule has 2 atom stereocenters. The van der Waals surface area contributed by atoms with E-state index >= 15 is 0 Å². The largest absolute Gasteiger partial charge is 0.321 e. The van der Waals surface area contributed by atoms with E-state index in [1.165, 1.54) is 21.6 Å². The summed E-state index contributed by atoms with van der Waals surface area (Å²) in [6.45, 7) is 0. The summed E-state index contributed by atoms with van der Waals surface area (Å²) in [6.07, 6.45) is 1.40. The third-order valence-electron chi connectivity index (χ3n) is 0.954. The highest BCUT2D eigenvalue weighted by Gasteiger charge is 2.02. The number of hydrogen-bond acceptors (Lipinski definition) is 6. The highest BCUT2D eigenvalue weighted by Crippen LogP contribution is 2.21. The Morgan fingerprint density at radius 1 is 1.00 bits per heavy atom. The number of carbonyl (C=O) groups excluding carboxylic acids is 2. The summed E-state index contributed by atoms with van der Waals surface area (Å²) in [4.78, 5) is 20.1. The zero-order chi connectivity index (χ0) is 9.40. The maximum Gasteiger partial charge on any atom is 0.137 e. The molecule has 0 aromatic heterocycles. The molecule has 0 fully saturated rings. The molecule has 0 radical (unpaired) electrons. The SMILES string of the molecule is N[C@H](C=O)CSSC[C@H](N)C=O. The van der Waals surface area contributed by atoms with Crippen LogP contribution in [0.4, 0.5) is 0 Å². The number of aldehydes is 2. The van der Waals surface area contributed by atoms with E-state index in [0.29, 0.717) is 24.1 Å². The Balaban J connectivity index is 3.20. The summed E-state index contributed by atoms with van der Waals surface area (Å²) in [6, 6.07) is -0.843. The van der Waals surface area contributed by atoms with Gasteiger partial charge in [-0.05, 0) is 0 Å². The van der Waals surface area contributed by atoms with Gasteiger partial charge >= 0.3 is 0 Å². The first-order valence-electron chi connectivity index (χ1n) is 3.37.